The van der Waals surface area contributed by atoms with Crippen molar-refractivity contribution in [3.8, 4) is 5.75 Å². The molecule has 28 heavy (non-hydrogen) atoms. The predicted molar refractivity (Wildman–Crippen MR) is 113 cm³/mol. The fraction of sp³-hybridized carbons (Fsp3) is 0.545. The van der Waals surface area contributed by atoms with Crippen LogP contribution in [0.4, 0.5) is 0 Å². The number of ether oxygens (including phenoxy) is 1. The van der Waals surface area contributed by atoms with Crippen LogP contribution in [0.5, 0.6) is 5.75 Å². The Balaban J connectivity index is 2.07. The number of amides is 1. The van der Waals surface area contributed by atoms with E-state index >= 15 is 0 Å². The van der Waals surface area contributed by atoms with Crippen molar-refractivity contribution < 1.29 is 9.53 Å². The van der Waals surface area contributed by atoms with E-state index in [4.69, 9.17) is 4.74 Å². The lowest BCUT2D eigenvalue weighted by Crippen LogP contribution is -2.35. The van der Waals surface area contributed by atoms with E-state index in [1.165, 1.54) is 0 Å². The molecule has 0 bridgehead atoms. The molecule has 1 amide bonds. The van der Waals surface area contributed by atoms with Crippen molar-refractivity contribution in [3.63, 3.8) is 0 Å². The predicted octanol–water partition coefficient (Wildman–Crippen LogP) is 3.13. The third-order valence-corrected chi connectivity index (χ3v) is 5.02. The van der Waals surface area contributed by atoms with Crippen LogP contribution in [0.1, 0.15) is 42.4 Å². The molecule has 0 fully saturated rings. The first kappa shape index (κ1) is 22.0. The Labute approximate surface area is 168 Å². The molecular weight excluding hydrogens is 352 g/mol. The molecule has 1 aromatic carbocycles. The summed E-state index contributed by atoms with van der Waals surface area (Å²) in [6.45, 7) is 9.74. The number of likely N-dealkylation sites (N-methyl/N-ethyl adjacent to an activating group) is 1. The first-order valence-electron chi connectivity index (χ1n) is 9.83. The Morgan fingerprint density at radius 2 is 1.93 bits per heavy atom. The van der Waals surface area contributed by atoms with Crippen molar-refractivity contribution in [1.82, 2.24) is 20.0 Å². The van der Waals surface area contributed by atoms with Crippen molar-refractivity contribution in [1.29, 1.82) is 0 Å². The second kappa shape index (κ2) is 9.73. The van der Waals surface area contributed by atoms with Gasteiger partial charge < -0.3 is 15.0 Å². The highest BCUT2D eigenvalue weighted by Gasteiger charge is 2.20. The lowest BCUT2D eigenvalue weighted by molar-refractivity contribution is -0.120. The van der Waals surface area contributed by atoms with Gasteiger partial charge in [-0.05, 0) is 39.9 Å². The summed E-state index contributed by atoms with van der Waals surface area (Å²) in [4.78, 5) is 14.8. The van der Waals surface area contributed by atoms with E-state index in [-0.39, 0.29) is 11.9 Å². The minimum Gasteiger partial charge on any atom is -0.496 e. The summed E-state index contributed by atoms with van der Waals surface area (Å²) < 4.78 is 7.51. The molecule has 0 aliphatic carbocycles. The van der Waals surface area contributed by atoms with Crippen LogP contribution in [0.15, 0.2) is 24.3 Å². The maximum absolute atomic E-state index is 12.7. The van der Waals surface area contributed by atoms with Gasteiger partial charge >= 0.3 is 0 Å². The van der Waals surface area contributed by atoms with Crippen molar-refractivity contribution in [2.75, 3.05) is 27.7 Å². The van der Waals surface area contributed by atoms with Gasteiger partial charge in [0.05, 0.1) is 25.3 Å². The molecule has 0 spiro atoms. The van der Waals surface area contributed by atoms with Gasteiger partial charge in [-0.15, -0.1) is 0 Å². The maximum atomic E-state index is 12.7. The number of para-hydroxylation sites is 1. The van der Waals surface area contributed by atoms with Crippen LogP contribution in [-0.4, -0.2) is 48.3 Å². The first-order valence-corrected chi connectivity index (χ1v) is 9.83. The van der Waals surface area contributed by atoms with Gasteiger partial charge in [-0.25, -0.2) is 0 Å². The summed E-state index contributed by atoms with van der Waals surface area (Å²) >= 11 is 0. The van der Waals surface area contributed by atoms with Gasteiger partial charge in [-0.2, -0.15) is 5.10 Å². The molecule has 1 aromatic heterocycles. The monoisotopic (exact) mass is 386 g/mol. The van der Waals surface area contributed by atoms with E-state index in [9.17, 15) is 4.79 Å². The lowest BCUT2D eigenvalue weighted by Gasteiger charge is -2.26. The Kier molecular flexibility index (Phi) is 7.63. The Morgan fingerprint density at radius 1 is 1.25 bits per heavy atom. The summed E-state index contributed by atoms with van der Waals surface area (Å²) in [6.07, 6.45) is 0.349. The molecule has 1 N–H and O–H groups in total. The highest BCUT2D eigenvalue weighted by molar-refractivity contribution is 5.79. The topological polar surface area (TPSA) is 59.4 Å². The number of aryl methyl sites for hydroxylation is 1. The van der Waals surface area contributed by atoms with E-state index in [0.717, 1.165) is 34.8 Å². The molecule has 2 aromatic rings. The fourth-order valence-electron chi connectivity index (χ4n) is 3.46. The van der Waals surface area contributed by atoms with E-state index < -0.39 is 0 Å². The number of carbonyl (C=O) groups excluding carboxylic acids is 1. The fourth-order valence-corrected chi connectivity index (χ4v) is 3.46. The first-order chi connectivity index (χ1) is 13.2. The van der Waals surface area contributed by atoms with Crippen LogP contribution < -0.4 is 10.1 Å². The number of carbonyl (C=O) groups is 1. The molecule has 0 aliphatic heterocycles. The highest BCUT2D eigenvalue weighted by atomic mass is 16.5. The van der Waals surface area contributed by atoms with Crippen molar-refractivity contribution >= 4 is 5.91 Å². The third kappa shape index (κ3) is 5.35. The summed E-state index contributed by atoms with van der Waals surface area (Å²) in [5.74, 6) is 1.36. The summed E-state index contributed by atoms with van der Waals surface area (Å²) in [7, 11) is 5.69. The van der Waals surface area contributed by atoms with Gasteiger partial charge in [0, 0.05) is 29.9 Å². The van der Waals surface area contributed by atoms with Gasteiger partial charge in [-0.1, -0.05) is 32.0 Å². The van der Waals surface area contributed by atoms with Crippen molar-refractivity contribution in [3.05, 3.63) is 46.8 Å². The molecule has 0 saturated heterocycles. The molecule has 6 heteroatoms. The van der Waals surface area contributed by atoms with E-state index in [2.05, 4.69) is 29.2 Å². The minimum absolute atomic E-state index is 0.0112. The summed E-state index contributed by atoms with van der Waals surface area (Å²) in [5, 5.41) is 7.70. The molecule has 1 heterocycles. The number of hydrogen-bond donors (Lipinski definition) is 1. The van der Waals surface area contributed by atoms with Crippen molar-refractivity contribution in [2.24, 2.45) is 5.92 Å². The van der Waals surface area contributed by atoms with Crippen LogP contribution in [0, 0.1) is 19.8 Å². The van der Waals surface area contributed by atoms with Gasteiger partial charge in [0.2, 0.25) is 5.91 Å². The number of hydrogen-bond acceptors (Lipinski definition) is 4. The van der Waals surface area contributed by atoms with Gasteiger partial charge in [-0.3, -0.25) is 9.48 Å². The third-order valence-electron chi connectivity index (χ3n) is 5.02. The number of nitrogens with one attached hydrogen (secondary N) is 1. The summed E-state index contributed by atoms with van der Waals surface area (Å²) in [6, 6.07) is 7.97. The normalized spacial score (nSPS) is 12.5. The van der Waals surface area contributed by atoms with E-state index in [1.807, 2.05) is 56.9 Å². The number of aromatic nitrogens is 2. The number of benzene rings is 1. The van der Waals surface area contributed by atoms with Crippen LogP contribution >= 0.6 is 0 Å². The van der Waals surface area contributed by atoms with Crippen LogP contribution in [0.2, 0.25) is 0 Å². The molecule has 1 atom stereocenters. The molecule has 1 unspecified atom stereocenters. The standard InChI is InChI=1S/C22H34N4O2/c1-15(2)14-26-17(4)19(16(3)24-26)12-22(27)23-13-20(25(5)6)18-10-8-9-11-21(18)28-7/h8-11,15,20H,12-14H2,1-7H3,(H,23,27). The van der Waals surface area contributed by atoms with Gasteiger partial charge in [0.25, 0.3) is 0 Å². The minimum atomic E-state index is 0.0112. The molecule has 0 radical (unpaired) electrons. The highest BCUT2D eigenvalue weighted by Crippen LogP contribution is 2.27. The molecule has 6 nitrogen and oxygen atoms in total. The largest absolute Gasteiger partial charge is 0.496 e. The zero-order chi connectivity index (χ0) is 20.8. The van der Waals surface area contributed by atoms with Crippen LogP contribution in [0.3, 0.4) is 0 Å². The molecule has 154 valence electrons. The van der Waals surface area contributed by atoms with Gasteiger partial charge in [0.15, 0.2) is 0 Å². The zero-order valence-corrected chi connectivity index (χ0v) is 18.2. The molecule has 2 rings (SSSR count). The average Bonchev–Trinajstić information content (AvgIpc) is 2.88. The van der Waals surface area contributed by atoms with E-state index in [1.54, 1.807) is 7.11 Å². The second-order valence-electron chi connectivity index (χ2n) is 7.93. The quantitative estimate of drug-likeness (QED) is 0.719. The Bertz CT molecular complexity index is 796. The van der Waals surface area contributed by atoms with Crippen LogP contribution in [-0.2, 0) is 17.8 Å². The number of methoxy groups -OCH3 is 1. The molecule has 0 saturated carbocycles. The Hall–Kier alpha value is -2.34. The van der Waals surface area contributed by atoms with Gasteiger partial charge in [0.1, 0.15) is 5.75 Å². The van der Waals surface area contributed by atoms with E-state index in [0.29, 0.717) is 18.9 Å². The smallest absolute Gasteiger partial charge is 0.224 e. The maximum Gasteiger partial charge on any atom is 0.224 e. The molecule has 0 aliphatic rings. The van der Waals surface area contributed by atoms with Crippen LogP contribution in [0.25, 0.3) is 0 Å². The summed E-state index contributed by atoms with van der Waals surface area (Å²) in [5.41, 5.74) is 4.10. The Morgan fingerprint density at radius 3 is 2.54 bits per heavy atom. The number of nitrogens with zero attached hydrogens (tertiary/aromatic N) is 3. The average molecular weight is 387 g/mol. The zero-order valence-electron chi connectivity index (χ0n) is 18.2. The molecular formula is C22H34N4O2. The lowest BCUT2D eigenvalue weighted by atomic mass is 10.0. The van der Waals surface area contributed by atoms with Crippen molar-refractivity contribution in [2.45, 2.75) is 46.7 Å². The number of rotatable bonds is 9. The SMILES string of the molecule is COc1ccccc1C(CNC(=O)Cc1c(C)nn(CC(C)C)c1C)N(C)C. The second-order valence-corrected chi connectivity index (χ2v) is 7.93.